The Morgan fingerprint density at radius 2 is 1.62 bits per heavy atom. The molecule has 0 fully saturated rings. The van der Waals surface area contributed by atoms with Crippen LogP contribution in [0.5, 0.6) is 0 Å². The van der Waals surface area contributed by atoms with E-state index in [2.05, 4.69) is 10.3 Å². The Balaban J connectivity index is 1.74. The third-order valence-electron chi connectivity index (χ3n) is 6.71. The van der Waals surface area contributed by atoms with Gasteiger partial charge in [0, 0.05) is 38.0 Å². The summed E-state index contributed by atoms with van der Waals surface area (Å²) < 4.78 is 79.9. The summed E-state index contributed by atoms with van der Waals surface area (Å²) in [7, 11) is 0. The van der Waals surface area contributed by atoms with Crippen molar-refractivity contribution in [2.45, 2.75) is 44.2 Å². The minimum absolute atomic E-state index is 0.0140. The summed E-state index contributed by atoms with van der Waals surface area (Å²) in [6, 6.07) is 8.71. The third kappa shape index (κ3) is 6.11. The molecule has 212 valence electrons. The second-order valence-electron chi connectivity index (χ2n) is 9.50. The number of halogens is 6. The Morgan fingerprint density at radius 1 is 1.00 bits per heavy atom. The van der Waals surface area contributed by atoms with E-state index in [0.29, 0.717) is 23.3 Å². The van der Waals surface area contributed by atoms with Gasteiger partial charge in [0.1, 0.15) is 6.04 Å². The molecule has 2 atom stereocenters. The first-order valence-corrected chi connectivity index (χ1v) is 12.3. The number of aryl methyl sites for hydroxylation is 1. The van der Waals surface area contributed by atoms with Gasteiger partial charge in [-0.25, -0.2) is 0 Å². The number of aliphatic hydroxyl groups excluding tert-OH is 1. The lowest BCUT2D eigenvalue weighted by atomic mass is 9.78. The van der Waals surface area contributed by atoms with Crippen LogP contribution in [0.4, 0.5) is 26.3 Å². The molecule has 0 bridgehead atoms. The lowest BCUT2D eigenvalue weighted by Gasteiger charge is -2.41. The van der Waals surface area contributed by atoms with Gasteiger partial charge in [-0.05, 0) is 54.3 Å². The van der Waals surface area contributed by atoms with Gasteiger partial charge in [-0.1, -0.05) is 29.8 Å². The molecule has 0 aliphatic carbocycles. The van der Waals surface area contributed by atoms with Crippen molar-refractivity contribution in [3.63, 3.8) is 0 Å². The molecule has 4 rings (SSSR count). The number of hydrogen-bond donors (Lipinski definition) is 2. The van der Waals surface area contributed by atoms with Crippen LogP contribution in [0.15, 0.2) is 60.9 Å². The largest absolute Gasteiger partial charge is 0.416 e. The third-order valence-corrected chi connectivity index (χ3v) is 6.71. The van der Waals surface area contributed by atoms with E-state index in [4.69, 9.17) is 0 Å². The molecule has 2 aromatic carbocycles. The Bertz CT molecular complexity index is 1360. The van der Waals surface area contributed by atoms with Crippen LogP contribution >= 0.6 is 0 Å². The topological polar surface area (TPSA) is 82.5 Å². The fourth-order valence-corrected chi connectivity index (χ4v) is 4.81. The van der Waals surface area contributed by atoms with Crippen LogP contribution in [0.3, 0.4) is 0 Å². The fourth-order valence-electron chi connectivity index (χ4n) is 4.81. The molecule has 2 N–H and O–H groups in total. The normalized spacial score (nSPS) is 17.5. The van der Waals surface area contributed by atoms with E-state index in [1.54, 1.807) is 18.2 Å². The van der Waals surface area contributed by atoms with Crippen LogP contribution in [0.1, 0.15) is 56.1 Å². The molecule has 0 radical (unpaired) electrons. The van der Waals surface area contributed by atoms with Gasteiger partial charge in [-0.15, -0.1) is 0 Å². The highest BCUT2D eigenvalue weighted by molar-refractivity contribution is 6.01. The number of carbonyl (C=O) groups is 2. The summed E-state index contributed by atoms with van der Waals surface area (Å²) in [6.45, 7) is 0.922. The average Bonchev–Trinajstić information content (AvgIpc) is 2.90. The number of nitrogens with one attached hydrogen (secondary N) is 1. The summed E-state index contributed by atoms with van der Waals surface area (Å²) >= 11 is 0. The number of fused-ring (bicyclic) bond motifs is 1. The minimum Gasteiger partial charge on any atom is -0.396 e. The van der Waals surface area contributed by atoms with Crippen LogP contribution in [0.2, 0.25) is 0 Å². The average molecular weight is 566 g/mol. The number of pyridine rings is 1. The first-order chi connectivity index (χ1) is 18.8. The molecular formula is C28H25F6N3O3. The van der Waals surface area contributed by atoms with Crippen LogP contribution in [0.25, 0.3) is 0 Å². The Hall–Kier alpha value is -3.93. The van der Waals surface area contributed by atoms with Crippen molar-refractivity contribution in [1.29, 1.82) is 0 Å². The zero-order chi connectivity index (χ0) is 29.2. The van der Waals surface area contributed by atoms with Gasteiger partial charge in [-0.3, -0.25) is 14.6 Å². The van der Waals surface area contributed by atoms with Gasteiger partial charge < -0.3 is 15.3 Å². The number of aromatic nitrogens is 1. The highest BCUT2D eigenvalue weighted by Gasteiger charge is 2.44. The summed E-state index contributed by atoms with van der Waals surface area (Å²) in [5.74, 6) is -2.02. The Labute approximate surface area is 225 Å². The number of amides is 2. The molecule has 0 saturated heterocycles. The number of rotatable bonds is 7. The maximum Gasteiger partial charge on any atom is 0.416 e. The monoisotopic (exact) mass is 565 g/mol. The van der Waals surface area contributed by atoms with Gasteiger partial charge in [0.25, 0.3) is 5.91 Å². The highest BCUT2D eigenvalue weighted by atomic mass is 19.4. The number of carbonyl (C=O) groups excluding carboxylic acids is 2. The van der Waals surface area contributed by atoms with Crippen LogP contribution in [0, 0.1) is 6.92 Å². The van der Waals surface area contributed by atoms with Crippen molar-refractivity contribution < 1.29 is 41.0 Å². The van der Waals surface area contributed by atoms with E-state index in [0.717, 1.165) is 5.56 Å². The molecule has 1 aromatic heterocycles. The second kappa shape index (κ2) is 11.3. The van der Waals surface area contributed by atoms with Crippen LogP contribution < -0.4 is 5.32 Å². The van der Waals surface area contributed by atoms with Crippen molar-refractivity contribution in [1.82, 2.24) is 15.2 Å². The molecule has 12 heteroatoms. The summed E-state index contributed by atoms with van der Waals surface area (Å²) in [5, 5.41) is 11.9. The number of nitrogens with zero attached hydrogens (tertiary/aromatic N) is 2. The predicted octanol–water partition coefficient (Wildman–Crippen LogP) is 5.08. The number of alkyl halides is 6. The van der Waals surface area contributed by atoms with Crippen molar-refractivity contribution >= 4 is 11.8 Å². The molecule has 0 spiro atoms. The van der Waals surface area contributed by atoms with Gasteiger partial charge in [-0.2, -0.15) is 26.3 Å². The van der Waals surface area contributed by atoms with E-state index in [1.165, 1.54) is 17.3 Å². The first kappa shape index (κ1) is 29.1. The summed E-state index contributed by atoms with van der Waals surface area (Å²) in [6.07, 6.45) is -7.10. The van der Waals surface area contributed by atoms with E-state index >= 15 is 0 Å². The number of benzene rings is 2. The maximum absolute atomic E-state index is 13.7. The molecule has 40 heavy (non-hydrogen) atoms. The molecule has 0 saturated carbocycles. The fraction of sp³-hybridized carbons (Fsp3) is 0.321. The molecule has 2 heterocycles. The first-order valence-electron chi connectivity index (χ1n) is 12.3. The lowest BCUT2D eigenvalue weighted by Crippen LogP contribution is -2.56. The van der Waals surface area contributed by atoms with E-state index in [1.807, 2.05) is 19.1 Å². The van der Waals surface area contributed by atoms with Gasteiger partial charge >= 0.3 is 12.4 Å². The Morgan fingerprint density at radius 3 is 2.20 bits per heavy atom. The van der Waals surface area contributed by atoms with Crippen molar-refractivity contribution in [2.24, 2.45) is 0 Å². The zero-order valence-corrected chi connectivity index (χ0v) is 21.2. The molecule has 1 aliphatic rings. The Kier molecular flexibility index (Phi) is 8.20. The predicted molar refractivity (Wildman–Crippen MR) is 132 cm³/mol. The number of hydrogen-bond acceptors (Lipinski definition) is 4. The molecule has 2 unspecified atom stereocenters. The van der Waals surface area contributed by atoms with Gasteiger partial charge in [0.15, 0.2) is 0 Å². The van der Waals surface area contributed by atoms with Crippen molar-refractivity contribution in [2.75, 3.05) is 13.2 Å². The second-order valence-corrected chi connectivity index (χ2v) is 9.50. The molecular weight excluding hydrogens is 540 g/mol. The highest BCUT2D eigenvalue weighted by Crippen LogP contribution is 2.39. The maximum atomic E-state index is 13.7. The molecule has 6 nitrogen and oxygen atoms in total. The van der Waals surface area contributed by atoms with Crippen molar-refractivity contribution in [3.8, 4) is 0 Å². The molecule has 2 amide bonds. The van der Waals surface area contributed by atoms with E-state index in [-0.39, 0.29) is 31.2 Å². The van der Waals surface area contributed by atoms with Gasteiger partial charge in [0.2, 0.25) is 5.91 Å². The SMILES string of the molecule is Cc1ccc(C2c3ccncc3C(=O)N(CCCO)C2C(=O)NCc2cc(C(F)(F)F)cc(C(F)(F)F)c2)cc1. The van der Waals surface area contributed by atoms with E-state index < -0.39 is 59.4 Å². The van der Waals surface area contributed by atoms with E-state index in [9.17, 15) is 41.0 Å². The smallest absolute Gasteiger partial charge is 0.396 e. The molecule has 1 aliphatic heterocycles. The lowest BCUT2D eigenvalue weighted by molar-refractivity contribution is -0.143. The zero-order valence-electron chi connectivity index (χ0n) is 21.2. The standard InChI is InChI=1S/C28H25F6N3O3/c1-16-3-5-18(6-4-16)23-21-7-8-35-15-22(21)26(40)37(9-2-10-38)24(23)25(39)36-14-17-11-19(27(29,30)31)13-20(12-17)28(32,33)34/h3-8,11-13,15,23-24,38H,2,9-10,14H2,1H3,(H,36,39). The van der Waals surface area contributed by atoms with Crippen LogP contribution in [-0.4, -0.2) is 46.0 Å². The van der Waals surface area contributed by atoms with Gasteiger partial charge in [0.05, 0.1) is 16.7 Å². The van der Waals surface area contributed by atoms with Crippen LogP contribution in [-0.2, 0) is 23.7 Å². The van der Waals surface area contributed by atoms with Crippen molar-refractivity contribution in [3.05, 3.63) is 99.9 Å². The summed E-state index contributed by atoms with van der Waals surface area (Å²) in [4.78, 5) is 32.4. The minimum atomic E-state index is -5.04. The number of aliphatic hydroxyl groups is 1. The quantitative estimate of drug-likeness (QED) is 0.392. The molecule has 3 aromatic rings. The summed E-state index contributed by atoms with van der Waals surface area (Å²) in [5.41, 5.74) is -1.04.